The summed E-state index contributed by atoms with van der Waals surface area (Å²) in [7, 11) is 0. The van der Waals surface area contributed by atoms with Crippen LogP contribution in [0.2, 0.25) is 0 Å². The van der Waals surface area contributed by atoms with E-state index in [4.69, 9.17) is 5.26 Å². The van der Waals surface area contributed by atoms with E-state index in [1.165, 1.54) is 6.20 Å². The molecule has 0 saturated heterocycles. The van der Waals surface area contributed by atoms with Crippen LogP contribution in [-0.4, -0.2) is 20.2 Å². The van der Waals surface area contributed by atoms with Crippen LogP contribution in [-0.2, 0) is 0 Å². The Balaban J connectivity index is 1.89. The quantitative estimate of drug-likeness (QED) is 0.603. The van der Waals surface area contributed by atoms with E-state index in [9.17, 15) is 0 Å². The molecule has 2 heterocycles. The lowest BCUT2D eigenvalue weighted by atomic mass is 10.2. The number of H-pyrrole nitrogens is 1. The van der Waals surface area contributed by atoms with E-state index in [0.29, 0.717) is 23.0 Å². The molecule has 114 valence electrons. The molecule has 2 aromatic carbocycles. The van der Waals surface area contributed by atoms with Gasteiger partial charge in [-0.05, 0) is 12.1 Å². The Morgan fingerprint density at radius 1 is 0.958 bits per heavy atom. The van der Waals surface area contributed by atoms with E-state index >= 15 is 0 Å². The molecule has 0 amide bonds. The topological polar surface area (TPSA) is 90.3 Å². The lowest BCUT2D eigenvalue weighted by Crippen LogP contribution is -2.00. The van der Waals surface area contributed by atoms with Crippen LogP contribution < -0.4 is 5.32 Å². The lowest BCUT2D eigenvalue weighted by molar-refractivity contribution is 1.09. The minimum Gasteiger partial charge on any atom is -0.324 e. The largest absolute Gasteiger partial charge is 0.324 e. The first-order chi connectivity index (χ1) is 11.8. The molecule has 4 rings (SSSR count). The zero-order valence-corrected chi connectivity index (χ0v) is 12.6. The van der Waals surface area contributed by atoms with Crippen molar-refractivity contribution in [2.24, 2.45) is 0 Å². The maximum atomic E-state index is 9.15. The fourth-order valence-corrected chi connectivity index (χ4v) is 2.47. The third kappa shape index (κ3) is 2.44. The number of aromatic amines is 1. The molecule has 24 heavy (non-hydrogen) atoms. The summed E-state index contributed by atoms with van der Waals surface area (Å²) in [4.78, 5) is 9.28. The molecule has 0 fully saturated rings. The SMILES string of the molecule is N#Cc1cn[nH]c1Nc1nc(-c2ccccc2)nc2ccccc12. The van der Waals surface area contributed by atoms with E-state index in [0.717, 1.165) is 16.5 Å². The van der Waals surface area contributed by atoms with Crippen molar-refractivity contribution in [2.45, 2.75) is 0 Å². The van der Waals surface area contributed by atoms with Gasteiger partial charge in [0.05, 0.1) is 11.7 Å². The highest BCUT2D eigenvalue weighted by Gasteiger charge is 2.12. The van der Waals surface area contributed by atoms with Gasteiger partial charge in [-0.1, -0.05) is 42.5 Å². The van der Waals surface area contributed by atoms with Crippen LogP contribution in [0.5, 0.6) is 0 Å². The summed E-state index contributed by atoms with van der Waals surface area (Å²) >= 11 is 0. The predicted octanol–water partition coefficient (Wildman–Crippen LogP) is 3.64. The molecule has 0 aliphatic rings. The first-order valence-electron chi connectivity index (χ1n) is 7.38. The van der Waals surface area contributed by atoms with Crippen molar-refractivity contribution in [2.75, 3.05) is 5.32 Å². The molecule has 0 saturated carbocycles. The third-order valence-corrected chi connectivity index (χ3v) is 3.64. The van der Waals surface area contributed by atoms with Gasteiger partial charge >= 0.3 is 0 Å². The van der Waals surface area contributed by atoms with Gasteiger partial charge in [-0.25, -0.2) is 9.97 Å². The van der Waals surface area contributed by atoms with Crippen LogP contribution in [0.1, 0.15) is 5.56 Å². The normalized spacial score (nSPS) is 10.5. The molecule has 0 unspecified atom stereocenters. The van der Waals surface area contributed by atoms with Crippen molar-refractivity contribution < 1.29 is 0 Å². The Morgan fingerprint density at radius 3 is 2.58 bits per heavy atom. The van der Waals surface area contributed by atoms with Crippen molar-refractivity contribution in [1.82, 2.24) is 20.2 Å². The molecule has 2 N–H and O–H groups in total. The molecular weight excluding hydrogens is 300 g/mol. The monoisotopic (exact) mass is 312 g/mol. The van der Waals surface area contributed by atoms with Gasteiger partial charge in [0.1, 0.15) is 23.3 Å². The Hall–Kier alpha value is -3.72. The van der Waals surface area contributed by atoms with Crippen molar-refractivity contribution >= 4 is 22.5 Å². The number of aromatic nitrogens is 4. The Labute approximate surface area is 137 Å². The Morgan fingerprint density at radius 2 is 1.75 bits per heavy atom. The summed E-state index contributed by atoms with van der Waals surface area (Å²) in [6.45, 7) is 0. The van der Waals surface area contributed by atoms with Crippen LogP contribution in [0.15, 0.2) is 60.8 Å². The molecule has 6 nitrogen and oxygen atoms in total. The number of nitrogens with one attached hydrogen (secondary N) is 2. The van der Waals surface area contributed by atoms with E-state index in [-0.39, 0.29) is 0 Å². The summed E-state index contributed by atoms with van der Waals surface area (Å²) in [5, 5.41) is 19.9. The number of fused-ring (bicyclic) bond motifs is 1. The number of nitrogens with zero attached hydrogens (tertiary/aromatic N) is 4. The maximum absolute atomic E-state index is 9.15. The molecule has 2 aromatic heterocycles. The van der Waals surface area contributed by atoms with Gasteiger partial charge in [-0.2, -0.15) is 10.4 Å². The molecule has 0 radical (unpaired) electrons. The first-order valence-corrected chi connectivity index (χ1v) is 7.38. The lowest BCUT2D eigenvalue weighted by Gasteiger charge is -2.10. The molecule has 0 bridgehead atoms. The second kappa shape index (κ2) is 5.82. The zero-order valence-electron chi connectivity index (χ0n) is 12.6. The van der Waals surface area contributed by atoms with E-state index in [2.05, 4.69) is 31.6 Å². The van der Waals surface area contributed by atoms with Gasteiger partial charge in [-0.3, -0.25) is 5.10 Å². The van der Waals surface area contributed by atoms with Crippen LogP contribution in [0, 0.1) is 11.3 Å². The van der Waals surface area contributed by atoms with Gasteiger partial charge in [0, 0.05) is 10.9 Å². The van der Waals surface area contributed by atoms with Gasteiger partial charge < -0.3 is 5.32 Å². The van der Waals surface area contributed by atoms with E-state index in [1.807, 2.05) is 54.6 Å². The van der Waals surface area contributed by atoms with E-state index in [1.54, 1.807) is 0 Å². The minimum absolute atomic E-state index is 0.430. The van der Waals surface area contributed by atoms with Crippen LogP contribution in [0.3, 0.4) is 0 Å². The van der Waals surface area contributed by atoms with Crippen molar-refractivity contribution in [3.63, 3.8) is 0 Å². The molecule has 0 aliphatic carbocycles. The number of hydrogen-bond acceptors (Lipinski definition) is 5. The molecule has 0 spiro atoms. The standard InChI is InChI=1S/C18H12N6/c19-10-13-11-20-24-17(13)23-18-14-8-4-5-9-15(14)21-16(22-18)12-6-2-1-3-7-12/h1-9,11H,(H2,20,21,22,23,24). The van der Waals surface area contributed by atoms with Gasteiger partial charge in [0.25, 0.3) is 0 Å². The number of anilines is 2. The maximum Gasteiger partial charge on any atom is 0.162 e. The van der Waals surface area contributed by atoms with Crippen molar-refractivity contribution in [1.29, 1.82) is 5.26 Å². The van der Waals surface area contributed by atoms with Crippen molar-refractivity contribution in [3.05, 3.63) is 66.4 Å². The minimum atomic E-state index is 0.430. The zero-order chi connectivity index (χ0) is 16.4. The molecular formula is C18H12N6. The summed E-state index contributed by atoms with van der Waals surface area (Å²) in [5.41, 5.74) is 2.18. The second-order valence-electron chi connectivity index (χ2n) is 5.17. The average molecular weight is 312 g/mol. The fourth-order valence-electron chi connectivity index (χ4n) is 2.47. The van der Waals surface area contributed by atoms with Crippen molar-refractivity contribution in [3.8, 4) is 17.5 Å². The second-order valence-corrected chi connectivity index (χ2v) is 5.17. The number of rotatable bonds is 3. The molecule has 0 aliphatic heterocycles. The smallest absolute Gasteiger partial charge is 0.162 e. The number of para-hydroxylation sites is 1. The first kappa shape index (κ1) is 13.9. The van der Waals surface area contributed by atoms with Gasteiger partial charge in [-0.15, -0.1) is 0 Å². The van der Waals surface area contributed by atoms with Crippen LogP contribution >= 0.6 is 0 Å². The molecule has 0 atom stereocenters. The van der Waals surface area contributed by atoms with Crippen LogP contribution in [0.4, 0.5) is 11.6 Å². The number of nitriles is 1. The predicted molar refractivity (Wildman–Crippen MR) is 91.6 cm³/mol. The highest BCUT2D eigenvalue weighted by molar-refractivity contribution is 5.92. The summed E-state index contributed by atoms with van der Waals surface area (Å²) < 4.78 is 0. The van der Waals surface area contributed by atoms with Gasteiger partial charge in [0.15, 0.2) is 5.82 Å². The van der Waals surface area contributed by atoms with Gasteiger partial charge in [0.2, 0.25) is 0 Å². The summed E-state index contributed by atoms with van der Waals surface area (Å²) in [6.07, 6.45) is 1.48. The summed E-state index contributed by atoms with van der Waals surface area (Å²) in [5.74, 6) is 1.76. The highest BCUT2D eigenvalue weighted by atomic mass is 15.2. The highest BCUT2D eigenvalue weighted by Crippen LogP contribution is 2.27. The third-order valence-electron chi connectivity index (χ3n) is 3.64. The average Bonchev–Trinajstić information content (AvgIpc) is 3.09. The summed E-state index contributed by atoms with van der Waals surface area (Å²) in [6, 6.07) is 19.6. The number of hydrogen-bond donors (Lipinski definition) is 2. The van der Waals surface area contributed by atoms with Crippen LogP contribution in [0.25, 0.3) is 22.3 Å². The Kier molecular flexibility index (Phi) is 3.37. The molecule has 6 heteroatoms. The number of benzene rings is 2. The fraction of sp³-hybridized carbons (Fsp3) is 0. The Bertz CT molecular complexity index is 1050. The van der Waals surface area contributed by atoms with E-state index < -0.39 is 0 Å². The molecule has 4 aromatic rings.